The van der Waals surface area contributed by atoms with Gasteiger partial charge in [-0.05, 0) is 25.7 Å². The normalized spacial score (nSPS) is 21.5. The summed E-state index contributed by atoms with van der Waals surface area (Å²) < 4.78 is 5.03. The second-order valence-electron chi connectivity index (χ2n) is 3.45. The summed E-state index contributed by atoms with van der Waals surface area (Å²) >= 11 is 0. The Morgan fingerprint density at radius 3 is 2.43 bits per heavy atom. The van der Waals surface area contributed by atoms with E-state index in [1.165, 1.54) is 13.0 Å². The maximum Gasteiger partial charge on any atom is 0.328 e. The Morgan fingerprint density at radius 2 is 2.00 bits per heavy atom. The third kappa shape index (κ3) is 3.60. The lowest BCUT2D eigenvalue weighted by Gasteiger charge is -2.23. The fraction of sp³-hybridized carbons (Fsp3) is 0.600. The summed E-state index contributed by atoms with van der Waals surface area (Å²) in [5, 5.41) is 8.52. The van der Waals surface area contributed by atoms with Crippen molar-refractivity contribution < 1.29 is 19.4 Å². The second-order valence-corrected chi connectivity index (χ2v) is 3.45. The molecule has 1 aliphatic rings. The van der Waals surface area contributed by atoms with Crippen molar-refractivity contribution in [3.05, 3.63) is 11.6 Å². The summed E-state index contributed by atoms with van der Waals surface area (Å²) in [6, 6.07) is 0. The first kappa shape index (κ1) is 10.8. The molecule has 0 aromatic carbocycles. The van der Waals surface area contributed by atoms with Gasteiger partial charge in [0.05, 0.1) is 0 Å². The largest absolute Gasteiger partial charge is 0.478 e. The fourth-order valence-corrected chi connectivity index (χ4v) is 1.63. The lowest BCUT2D eigenvalue weighted by Crippen LogP contribution is -2.20. The molecular weight excluding hydrogens is 184 g/mol. The Balaban J connectivity index is 2.38. The summed E-state index contributed by atoms with van der Waals surface area (Å²) in [5.41, 5.74) is 0.931. The van der Waals surface area contributed by atoms with E-state index >= 15 is 0 Å². The van der Waals surface area contributed by atoms with E-state index in [1.54, 1.807) is 0 Å². The Hall–Kier alpha value is -1.32. The number of allylic oxidation sites excluding steroid dienone is 1. The SMILES string of the molecule is CC(=O)OC1CCC(=CC(=O)O)CC1. The molecule has 0 atom stereocenters. The molecule has 1 aliphatic carbocycles. The van der Waals surface area contributed by atoms with E-state index in [9.17, 15) is 9.59 Å². The Bertz CT molecular complexity index is 257. The van der Waals surface area contributed by atoms with E-state index < -0.39 is 5.97 Å². The summed E-state index contributed by atoms with van der Waals surface area (Å²) in [5.74, 6) is -1.16. The average molecular weight is 198 g/mol. The zero-order valence-corrected chi connectivity index (χ0v) is 8.16. The quantitative estimate of drug-likeness (QED) is 0.539. The highest BCUT2D eigenvalue weighted by Crippen LogP contribution is 2.25. The predicted octanol–water partition coefficient (Wildman–Crippen LogP) is 1.50. The molecule has 1 rings (SSSR count). The van der Waals surface area contributed by atoms with Gasteiger partial charge in [-0.25, -0.2) is 4.79 Å². The number of hydrogen-bond donors (Lipinski definition) is 1. The number of hydrogen-bond acceptors (Lipinski definition) is 3. The van der Waals surface area contributed by atoms with Crippen LogP contribution in [0.1, 0.15) is 32.6 Å². The van der Waals surface area contributed by atoms with Crippen molar-refractivity contribution in [2.75, 3.05) is 0 Å². The molecule has 0 heterocycles. The molecule has 0 aliphatic heterocycles. The molecule has 78 valence electrons. The number of carboxylic acid groups (broad SMARTS) is 1. The Morgan fingerprint density at radius 1 is 1.43 bits per heavy atom. The van der Waals surface area contributed by atoms with Crippen LogP contribution >= 0.6 is 0 Å². The van der Waals surface area contributed by atoms with Crippen LogP contribution in [0.15, 0.2) is 11.6 Å². The minimum Gasteiger partial charge on any atom is -0.478 e. The van der Waals surface area contributed by atoms with Crippen molar-refractivity contribution >= 4 is 11.9 Å². The molecule has 0 aromatic heterocycles. The van der Waals surface area contributed by atoms with E-state index in [-0.39, 0.29) is 12.1 Å². The first-order valence-electron chi connectivity index (χ1n) is 4.67. The van der Waals surface area contributed by atoms with Crippen LogP contribution in [-0.4, -0.2) is 23.1 Å². The van der Waals surface area contributed by atoms with E-state index in [2.05, 4.69) is 0 Å². The van der Waals surface area contributed by atoms with Crippen molar-refractivity contribution in [3.8, 4) is 0 Å². The van der Waals surface area contributed by atoms with E-state index in [0.717, 1.165) is 18.4 Å². The summed E-state index contributed by atoms with van der Waals surface area (Å²) in [4.78, 5) is 21.0. The van der Waals surface area contributed by atoms with Crippen molar-refractivity contribution in [2.45, 2.75) is 38.7 Å². The molecule has 0 unspecified atom stereocenters. The molecule has 0 radical (unpaired) electrons. The van der Waals surface area contributed by atoms with Gasteiger partial charge in [0.2, 0.25) is 0 Å². The van der Waals surface area contributed by atoms with Crippen LogP contribution in [0.4, 0.5) is 0 Å². The van der Waals surface area contributed by atoms with Crippen LogP contribution in [0.3, 0.4) is 0 Å². The van der Waals surface area contributed by atoms with Crippen LogP contribution in [0.25, 0.3) is 0 Å². The Labute approximate surface area is 82.6 Å². The number of carbonyl (C=O) groups excluding carboxylic acids is 1. The molecule has 1 fully saturated rings. The van der Waals surface area contributed by atoms with Crippen molar-refractivity contribution in [3.63, 3.8) is 0 Å². The first-order valence-corrected chi connectivity index (χ1v) is 4.67. The van der Waals surface area contributed by atoms with Gasteiger partial charge < -0.3 is 9.84 Å². The lowest BCUT2D eigenvalue weighted by molar-refractivity contribution is -0.147. The molecule has 0 amide bonds. The molecule has 4 nitrogen and oxygen atoms in total. The van der Waals surface area contributed by atoms with E-state index in [1.807, 2.05) is 0 Å². The molecule has 0 bridgehead atoms. The smallest absolute Gasteiger partial charge is 0.328 e. The minimum absolute atomic E-state index is 0.0292. The number of ether oxygens (including phenoxy) is 1. The zero-order chi connectivity index (χ0) is 10.6. The summed E-state index contributed by atoms with van der Waals surface area (Å²) in [7, 11) is 0. The van der Waals surface area contributed by atoms with Crippen LogP contribution in [0, 0.1) is 0 Å². The number of carboxylic acids is 1. The van der Waals surface area contributed by atoms with Gasteiger partial charge in [0.15, 0.2) is 0 Å². The standard InChI is InChI=1S/C10H14O4/c1-7(11)14-9-4-2-8(3-5-9)6-10(12)13/h6,9H,2-5H2,1H3,(H,12,13). The third-order valence-electron chi connectivity index (χ3n) is 2.24. The van der Waals surface area contributed by atoms with Crippen LogP contribution in [0.2, 0.25) is 0 Å². The van der Waals surface area contributed by atoms with Crippen molar-refractivity contribution in [2.24, 2.45) is 0 Å². The van der Waals surface area contributed by atoms with Crippen LogP contribution < -0.4 is 0 Å². The molecule has 14 heavy (non-hydrogen) atoms. The van der Waals surface area contributed by atoms with E-state index in [0.29, 0.717) is 12.8 Å². The van der Waals surface area contributed by atoms with Gasteiger partial charge in [-0.15, -0.1) is 0 Å². The molecule has 1 N–H and O–H groups in total. The molecular formula is C10H14O4. The highest BCUT2D eigenvalue weighted by molar-refractivity contribution is 5.80. The van der Waals surface area contributed by atoms with Gasteiger partial charge in [-0.1, -0.05) is 5.57 Å². The number of aliphatic carboxylic acids is 1. The lowest BCUT2D eigenvalue weighted by atomic mass is 9.92. The number of esters is 1. The summed E-state index contributed by atoms with van der Waals surface area (Å²) in [6.45, 7) is 1.39. The minimum atomic E-state index is -0.897. The van der Waals surface area contributed by atoms with Gasteiger partial charge in [-0.3, -0.25) is 4.79 Å². The van der Waals surface area contributed by atoms with Gasteiger partial charge >= 0.3 is 11.9 Å². The molecule has 0 spiro atoms. The Kier molecular flexibility index (Phi) is 3.68. The van der Waals surface area contributed by atoms with Gasteiger partial charge in [0.25, 0.3) is 0 Å². The zero-order valence-electron chi connectivity index (χ0n) is 8.16. The number of carbonyl (C=O) groups is 2. The second kappa shape index (κ2) is 4.79. The van der Waals surface area contributed by atoms with E-state index in [4.69, 9.17) is 9.84 Å². The van der Waals surface area contributed by atoms with Crippen molar-refractivity contribution in [1.29, 1.82) is 0 Å². The maximum atomic E-state index is 10.6. The molecule has 0 aromatic rings. The average Bonchev–Trinajstić information content (AvgIpc) is 2.06. The monoisotopic (exact) mass is 198 g/mol. The topological polar surface area (TPSA) is 63.6 Å². The van der Waals surface area contributed by atoms with Crippen LogP contribution in [-0.2, 0) is 14.3 Å². The molecule has 1 saturated carbocycles. The van der Waals surface area contributed by atoms with Crippen molar-refractivity contribution in [1.82, 2.24) is 0 Å². The number of rotatable bonds is 2. The maximum absolute atomic E-state index is 10.6. The van der Waals surface area contributed by atoms with Gasteiger partial charge in [0.1, 0.15) is 6.10 Å². The summed E-state index contributed by atoms with van der Waals surface area (Å²) in [6.07, 6.45) is 4.12. The predicted molar refractivity (Wildman–Crippen MR) is 49.7 cm³/mol. The van der Waals surface area contributed by atoms with Crippen LogP contribution in [0.5, 0.6) is 0 Å². The highest BCUT2D eigenvalue weighted by atomic mass is 16.5. The fourth-order valence-electron chi connectivity index (χ4n) is 1.63. The van der Waals surface area contributed by atoms with Gasteiger partial charge in [0, 0.05) is 13.0 Å². The molecule has 0 saturated heterocycles. The van der Waals surface area contributed by atoms with Gasteiger partial charge in [-0.2, -0.15) is 0 Å². The first-order chi connectivity index (χ1) is 6.58. The molecule has 4 heteroatoms. The highest BCUT2D eigenvalue weighted by Gasteiger charge is 2.19. The third-order valence-corrected chi connectivity index (χ3v) is 2.24.